The van der Waals surface area contributed by atoms with Crippen molar-refractivity contribution < 1.29 is 22.8 Å². The van der Waals surface area contributed by atoms with Crippen LogP contribution in [0.15, 0.2) is 35.9 Å². The first-order chi connectivity index (χ1) is 10.1. The molecule has 2 rings (SSSR count). The molecule has 0 spiro atoms. The van der Waals surface area contributed by atoms with Crippen molar-refractivity contribution in [2.45, 2.75) is 32.4 Å². The number of alkyl halides is 3. The average Bonchev–Trinajstić information content (AvgIpc) is 2.81. The van der Waals surface area contributed by atoms with Crippen molar-refractivity contribution in [1.82, 2.24) is 0 Å². The minimum absolute atomic E-state index is 0.429. The summed E-state index contributed by atoms with van der Waals surface area (Å²) in [5, 5.41) is 0.429. The van der Waals surface area contributed by atoms with Gasteiger partial charge in [0.15, 0.2) is 0 Å². The summed E-state index contributed by atoms with van der Waals surface area (Å²) in [5.41, 5.74) is -2.06. The predicted molar refractivity (Wildman–Crippen MR) is 76.7 cm³/mol. The van der Waals surface area contributed by atoms with Crippen LogP contribution in [0.5, 0.6) is 0 Å². The van der Waals surface area contributed by atoms with E-state index in [1.807, 2.05) is 0 Å². The molecule has 0 fully saturated rings. The molecule has 1 aliphatic carbocycles. The summed E-state index contributed by atoms with van der Waals surface area (Å²) < 4.78 is 39.2. The van der Waals surface area contributed by atoms with Gasteiger partial charge in [-0.2, -0.15) is 13.2 Å². The van der Waals surface area contributed by atoms with Crippen LogP contribution >= 0.6 is 11.6 Å². The van der Waals surface area contributed by atoms with E-state index in [0.717, 1.165) is 19.9 Å². The van der Waals surface area contributed by atoms with Crippen molar-refractivity contribution in [3.05, 3.63) is 46.5 Å². The van der Waals surface area contributed by atoms with Crippen LogP contribution in [-0.4, -0.2) is 17.7 Å². The maximum Gasteiger partial charge on any atom is 0.412 e. The van der Waals surface area contributed by atoms with Gasteiger partial charge in [0.2, 0.25) is 0 Å². The van der Waals surface area contributed by atoms with Gasteiger partial charge in [0, 0.05) is 16.5 Å². The molecule has 1 unspecified atom stereocenters. The van der Waals surface area contributed by atoms with Crippen LogP contribution in [0.4, 0.5) is 13.2 Å². The van der Waals surface area contributed by atoms with E-state index in [1.54, 1.807) is 12.1 Å². The van der Waals surface area contributed by atoms with Crippen LogP contribution in [0.3, 0.4) is 0 Å². The quantitative estimate of drug-likeness (QED) is 0.605. The van der Waals surface area contributed by atoms with Crippen molar-refractivity contribution in [2.75, 3.05) is 0 Å². The molecule has 1 aliphatic rings. The van der Waals surface area contributed by atoms with Crippen molar-refractivity contribution in [2.24, 2.45) is 5.41 Å². The number of rotatable bonds is 3. The van der Waals surface area contributed by atoms with Crippen molar-refractivity contribution in [3.63, 3.8) is 0 Å². The number of benzene rings is 1. The first-order valence-corrected chi connectivity index (χ1v) is 7.02. The van der Waals surface area contributed by atoms with Crippen LogP contribution < -0.4 is 0 Å². The van der Waals surface area contributed by atoms with E-state index in [9.17, 15) is 22.8 Å². The Bertz CT molecular complexity index is 630. The molecule has 6 heteroatoms. The van der Waals surface area contributed by atoms with E-state index < -0.39 is 41.1 Å². The molecule has 1 aromatic rings. The highest BCUT2D eigenvalue weighted by Crippen LogP contribution is 2.53. The Labute approximate surface area is 131 Å². The highest BCUT2D eigenvalue weighted by molar-refractivity contribution is 6.30. The normalized spacial score (nSPS) is 20.6. The summed E-state index contributed by atoms with van der Waals surface area (Å²) in [6.45, 7) is 2.33. The lowest BCUT2D eigenvalue weighted by Crippen LogP contribution is -2.39. The lowest BCUT2D eigenvalue weighted by molar-refractivity contribution is -0.139. The summed E-state index contributed by atoms with van der Waals surface area (Å²) in [6, 6.07) is 6.15. The number of allylic oxidation sites excluding steroid dienone is 2. The van der Waals surface area contributed by atoms with Gasteiger partial charge < -0.3 is 0 Å². The molecule has 118 valence electrons. The Morgan fingerprint density at radius 1 is 1.14 bits per heavy atom. The third-order valence-electron chi connectivity index (χ3n) is 4.22. The molecular weight excluding hydrogens is 317 g/mol. The number of Topliss-reactive ketones (excluding diaryl/α,β-unsaturated/α-hetero) is 2. The zero-order valence-corrected chi connectivity index (χ0v) is 12.8. The molecule has 1 aromatic carbocycles. The largest absolute Gasteiger partial charge is 0.412 e. The molecule has 1 atom stereocenters. The minimum Gasteiger partial charge on any atom is -0.299 e. The van der Waals surface area contributed by atoms with Gasteiger partial charge in [0.05, 0.1) is 0 Å². The lowest BCUT2D eigenvalue weighted by atomic mass is 9.68. The third kappa shape index (κ3) is 2.70. The summed E-state index contributed by atoms with van der Waals surface area (Å²) in [6.07, 6.45) is -4.18. The Hall–Kier alpha value is -1.62. The SMILES string of the molecule is CC(=O)C1(C(C)=O)CC(C(F)(F)F)=CC1c1ccc(Cl)cc1. The minimum atomic E-state index is -4.56. The van der Waals surface area contributed by atoms with Crippen LogP contribution in [0.25, 0.3) is 0 Å². The number of hydrogen-bond donors (Lipinski definition) is 0. The molecule has 0 aromatic heterocycles. The Morgan fingerprint density at radius 3 is 2.05 bits per heavy atom. The second-order valence-electron chi connectivity index (χ2n) is 5.48. The van der Waals surface area contributed by atoms with Gasteiger partial charge in [-0.15, -0.1) is 0 Å². The first-order valence-electron chi connectivity index (χ1n) is 6.64. The molecule has 0 radical (unpaired) electrons. The van der Waals surface area contributed by atoms with Gasteiger partial charge in [0.1, 0.15) is 17.0 Å². The van der Waals surface area contributed by atoms with E-state index in [2.05, 4.69) is 0 Å². The van der Waals surface area contributed by atoms with Crippen LogP contribution in [0, 0.1) is 5.41 Å². The fourth-order valence-electron chi connectivity index (χ4n) is 2.99. The Balaban J connectivity index is 2.61. The topological polar surface area (TPSA) is 34.1 Å². The highest BCUT2D eigenvalue weighted by atomic mass is 35.5. The van der Waals surface area contributed by atoms with Crippen LogP contribution in [0.2, 0.25) is 5.02 Å². The van der Waals surface area contributed by atoms with E-state index in [-0.39, 0.29) is 0 Å². The molecule has 0 heterocycles. The van der Waals surface area contributed by atoms with Crippen molar-refractivity contribution in [3.8, 4) is 0 Å². The second-order valence-corrected chi connectivity index (χ2v) is 5.92. The Morgan fingerprint density at radius 2 is 1.64 bits per heavy atom. The number of ketones is 2. The predicted octanol–water partition coefficient (Wildman–Crippen LogP) is 4.48. The van der Waals surface area contributed by atoms with E-state index in [0.29, 0.717) is 10.6 Å². The third-order valence-corrected chi connectivity index (χ3v) is 4.47. The summed E-state index contributed by atoms with van der Waals surface area (Å²) >= 11 is 5.79. The van der Waals surface area contributed by atoms with Crippen LogP contribution in [0.1, 0.15) is 31.7 Å². The van der Waals surface area contributed by atoms with Gasteiger partial charge in [-0.3, -0.25) is 9.59 Å². The summed E-state index contributed by atoms with van der Waals surface area (Å²) in [4.78, 5) is 24.2. The molecule has 0 aliphatic heterocycles. The van der Waals surface area contributed by atoms with E-state index in [1.165, 1.54) is 12.1 Å². The van der Waals surface area contributed by atoms with E-state index >= 15 is 0 Å². The highest BCUT2D eigenvalue weighted by Gasteiger charge is 2.55. The summed E-state index contributed by atoms with van der Waals surface area (Å²) in [5.74, 6) is -2.05. The molecule has 0 amide bonds. The number of halogens is 4. The number of carbonyl (C=O) groups excluding carboxylic acids is 2. The standard InChI is InChI=1S/C16H14ClF3O2/c1-9(21)15(10(2)22)8-12(16(18,19)20)7-14(15)11-3-5-13(17)6-4-11/h3-7,14H,8H2,1-2H3. The van der Waals surface area contributed by atoms with Gasteiger partial charge in [0.25, 0.3) is 0 Å². The number of carbonyl (C=O) groups is 2. The zero-order valence-electron chi connectivity index (χ0n) is 12.0. The molecule has 2 nitrogen and oxygen atoms in total. The number of hydrogen-bond acceptors (Lipinski definition) is 2. The first kappa shape index (κ1) is 16.7. The maximum absolute atomic E-state index is 13.1. The lowest BCUT2D eigenvalue weighted by Gasteiger charge is -2.31. The maximum atomic E-state index is 13.1. The molecule has 0 saturated heterocycles. The molecule has 0 bridgehead atoms. The fourth-order valence-corrected chi connectivity index (χ4v) is 3.12. The average molecular weight is 331 g/mol. The van der Waals surface area contributed by atoms with Crippen molar-refractivity contribution >= 4 is 23.2 Å². The fraction of sp³-hybridized carbons (Fsp3) is 0.375. The van der Waals surface area contributed by atoms with Gasteiger partial charge >= 0.3 is 6.18 Å². The molecule has 22 heavy (non-hydrogen) atoms. The summed E-state index contributed by atoms with van der Waals surface area (Å²) in [7, 11) is 0. The monoisotopic (exact) mass is 330 g/mol. The molecular formula is C16H14ClF3O2. The molecule has 0 N–H and O–H groups in total. The van der Waals surface area contributed by atoms with E-state index in [4.69, 9.17) is 11.6 Å². The van der Waals surface area contributed by atoms with Gasteiger partial charge in [-0.05, 0) is 38.0 Å². The van der Waals surface area contributed by atoms with Crippen LogP contribution in [-0.2, 0) is 9.59 Å². The van der Waals surface area contributed by atoms with Gasteiger partial charge in [-0.25, -0.2) is 0 Å². The van der Waals surface area contributed by atoms with Gasteiger partial charge in [-0.1, -0.05) is 29.8 Å². The smallest absolute Gasteiger partial charge is 0.299 e. The zero-order chi connectivity index (χ0) is 16.7. The molecule has 0 saturated carbocycles. The van der Waals surface area contributed by atoms with Crippen molar-refractivity contribution in [1.29, 1.82) is 0 Å². The second kappa shape index (κ2) is 5.54. The Kier molecular flexibility index (Phi) is 4.22.